The maximum Gasteiger partial charge on any atom is 0.417 e. The monoisotopic (exact) mass is 347 g/mol. The number of nitrogens with one attached hydrogen (secondary N) is 1. The highest BCUT2D eigenvalue weighted by Crippen LogP contribution is 2.31. The van der Waals surface area contributed by atoms with Crippen molar-refractivity contribution in [2.24, 2.45) is 0 Å². The average Bonchev–Trinajstić information content (AvgIpc) is 2.56. The number of methoxy groups -OCH3 is 2. The smallest absolute Gasteiger partial charge is 0.417 e. The van der Waals surface area contributed by atoms with E-state index in [-0.39, 0.29) is 12.8 Å². The van der Waals surface area contributed by atoms with E-state index in [1.165, 1.54) is 6.07 Å². The molecule has 1 amide bonds. The molecule has 1 atom stereocenters. The number of halogens is 3. The van der Waals surface area contributed by atoms with E-state index in [2.05, 4.69) is 14.8 Å². The molecule has 9 heteroatoms. The van der Waals surface area contributed by atoms with Crippen molar-refractivity contribution in [3.05, 3.63) is 35.4 Å². The number of esters is 2. The van der Waals surface area contributed by atoms with Gasteiger partial charge in [0.05, 0.1) is 25.3 Å². The number of benzene rings is 1. The minimum atomic E-state index is -4.72. The zero-order chi connectivity index (χ0) is 18.3. The Hall–Kier alpha value is -2.58. The molecule has 0 fully saturated rings. The van der Waals surface area contributed by atoms with E-state index in [1.54, 1.807) is 0 Å². The Balaban J connectivity index is 2.97. The first-order valence-corrected chi connectivity index (χ1v) is 6.82. The van der Waals surface area contributed by atoms with Crippen LogP contribution in [0.25, 0.3) is 0 Å². The van der Waals surface area contributed by atoms with E-state index in [9.17, 15) is 27.6 Å². The second-order valence-electron chi connectivity index (χ2n) is 4.71. The number of ether oxygens (including phenoxy) is 2. The summed E-state index contributed by atoms with van der Waals surface area (Å²) in [7, 11) is 2.21. The second kappa shape index (κ2) is 8.32. The van der Waals surface area contributed by atoms with Crippen LogP contribution in [0.5, 0.6) is 0 Å². The Bertz CT molecular complexity index is 615. The van der Waals surface area contributed by atoms with Crippen molar-refractivity contribution in [1.82, 2.24) is 5.32 Å². The second-order valence-corrected chi connectivity index (χ2v) is 4.71. The van der Waals surface area contributed by atoms with Crippen LogP contribution in [-0.2, 0) is 25.2 Å². The lowest BCUT2D eigenvalue weighted by Crippen LogP contribution is -2.42. The standard InChI is InChI=1S/C15H16F3NO5/c1-23-12(20)8-7-11(14(22)24-2)19-13(21)9-5-3-4-6-10(9)15(16,17)18/h3-6,11H,7-8H2,1-2H3,(H,19,21)/t11-/m1/s1. The lowest BCUT2D eigenvalue weighted by Gasteiger charge is -2.18. The molecular formula is C15H16F3NO5. The summed E-state index contributed by atoms with van der Waals surface area (Å²) in [6, 6.07) is 2.90. The minimum Gasteiger partial charge on any atom is -0.469 e. The van der Waals surface area contributed by atoms with Crippen molar-refractivity contribution < 1.29 is 37.0 Å². The highest BCUT2D eigenvalue weighted by Gasteiger charge is 2.35. The summed E-state index contributed by atoms with van der Waals surface area (Å²) in [5, 5.41) is 2.15. The third-order valence-corrected chi connectivity index (χ3v) is 3.13. The summed E-state index contributed by atoms with van der Waals surface area (Å²) in [4.78, 5) is 34.9. The highest BCUT2D eigenvalue weighted by atomic mass is 19.4. The predicted octanol–water partition coefficient (Wildman–Crippen LogP) is 1.93. The molecule has 6 nitrogen and oxygen atoms in total. The SMILES string of the molecule is COC(=O)CC[C@@H](NC(=O)c1ccccc1C(F)(F)F)C(=O)OC. The maximum atomic E-state index is 12.9. The third kappa shape index (κ3) is 5.25. The molecule has 0 heterocycles. The summed E-state index contributed by atoms with van der Waals surface area (Å²) in [5.41, 5.74) is -1.75. The van der Waals surface area contributed by atoms with Gasteiger partial charge in [0.15, 0.2) is 0 Å². The van der Waals surface area contributed by atoms with Crippen LogP contribution in [0.2, 0.25) is 0 Å². The fourth-order valence-corrected chi connectivity index (χ4v) is 1.92. The van der Waals surface area contributed by atoms with Crippen molar-refractivity contribution in [2.75, 3.05) is 14.2 Å². The van der Waals surface area contributed by atoms with Crippen LogP contribution in [0.3, 0.4) is 0 Å². The van der Waals surface area contributed by atoms with Crippen LogP contribution in [0, 0.1) is 0 Å². The van der Waals surface area contributed by atoms with Crippen LogP contribution in [-0.4, -0.2) is 38.1 Å². The van der Waals surface area contributed by atoms with Gasteiger partial charge in [-0.1, -0.05) is 12.1 Å². The molecule has 0 aliphatic heterocycles. The molecule has 1 aromatic rings. The zero-order valence-electron chi connectivity index (χ0n) is 13.0. The number of amides is 1. The topological polar surface area (TPSA) is 81.7 Å². The first-order valence-electron chi connectivity index (χ1n) is 6.82. The van der Waals surface area contributed by atoms with Crippen molar-refractivity contribution >= 4 is 17.8 Å². The van der Waals surface area contributed by atoms with E-state index in [4.69, 9.17) is 0 Å². The van der Waals surface area contributed by atoms with Gasteiger partial charge in [-0.25, -0.2) is 4.79 Å². The minimum absolute atomic E-state index is 0.167. The summed E-state index contributed by atoms with van der Waals surface area (Å²) >= 11 is 0. The predicted molar refractivity (Wildman–Crippen MR) is 76.0 cm³/mol. The molecule has 0 aromatic heterocycles. The van der Waals surface area contributed by atoms with Crippen LogP contribution in [0.1, 0.15) is 28.8 Å². The number of hydrogen-bond donors (Lipinski definition) is 1. The van der Waals surface area contributed by atoms with Crippen molar-refractivity contribution in [2.45, 2.75) is 25.1 Å². The van der Waals surface area contributed by atoms with E-state index in [0.29, 0.717) is 0 Å². The Morgan fingerprint density at radius 3 is 2.29 bits per heavy atom. The quantitative estimate of drug-likeness (QED) is 0.795. The number of carbonyl (C=O) groups is 3. The molecule has 1 aromatic carbocycles. The molecule has 132 valence electrons. The van der Waals surface area contributed by atoms with Gasteiger partial charge in [-0.2, -0.15) is 13.2 Å². The normalized spacial score (nSPS) is 12.2. The maximum absolute atomic E-state index is 12.9. The van der Waals surface area contributed by atoms with Crippen LogP contribution < -0.4 is 5.32 Å². The Morgan fingerprint density at radius 1 is 1.12 bits per heavy atom. The summed E-state index contributed by atoms with van der Waals surface area (Å²) in [5.74, 6) is -2.60. The Labute approximate surface area is 135 Å². The largest absolute Gasteiger partial charge is 0.469 e. The molecule has 1 N–H and O–H groups in total. The number of rotatable bonds is 6. The van der Waals surface area contributed by atoms with Gasteiger partial charge in [-0.3, -0.25) is 9.59 Å². The lowest BCUT2D eigenvalue weighted by molar-refractivity contribution is -0.144. The van der Waals surface area contributed by atoms with Gasteiger partial charge in [-0.15, -0.1) is 0 Å². The molecule has 0 radical (unpaired) electrons. The molecule has 0 unspecified atom stereocenters. The van der Waals surface area contributed by atoms with E-state index in [0.717, 1.165) is 32.4 Å². The molecule has 0 bridgehead atoms. The molecule has 0 aliphatic carbocycles. The van der Waals surface area contributed by atoms with Crippen molar-refractivity contribution in [3.63, 3.8) is 0 Å². The fourth-order valence-electron chi connectivity index (χ4n) is 1.92. The van der Waals surface area contributed by atoms with E-state index < -0.39 is 41.2 Å². The average molecular weight is 347 g/mol. The number of alkyl halides is 3. The number of carbonyl (C=O) groups excluding carboxylic acids is 3. The molecular weight excluding hydrogens is 331 g/mol. The van der Waals surface area contributed by atoms with Gasteiger partial charge in [0.1, 0.15) is 6.04 Å². The highest BCUT2D eigenvalue weighted by molar-refractivity contribution is 5.98. The van der Waals surface area contributed by atoms with Gasteiger partial charge >= 0.3 is 18.1 Å². The lowest BCUT2D eigenvalue weighted by atomic mass is 10.1. The van der Waals surface area contributed by atoms with Gasteiger partial charge in [-0.05, 0) is 18.6 Å². The van der Waals surface area contributed by atoms with Gasteiger partial charge in [0, 0.05) is 6.42 Å². The van der Waals surface area contributed by atoms with Crippen LogP contribution >= 0.6 is 0 Å². The Morgan fingerprint density at radius 2 is 1.75 bits per heavy atom. The summed E-state index contributed by atoms with van der Waals surface area (Å²) in [6.07, 6.45) is -5.10. The Kier molecular flexibility index (Phi) is 6.75. The van der Waals surface area contributed by atoms with E-state index >= 15 is 0 Å². The van der Waals surface area contributed by atoms with Crippen LogP contribution in [0.15, 0.2) is 24.3 Å². The van der Waals surface area contributed by atoms with Gasteiger partial charge < -0.3 is 14.8 Å². The fraction of sp³-hybridized carbons (Fsp3) is 0.400. The summed E-state index contributed by atoms with van der Waals surface area (Å²) < 4.78 is 47.7. The molecule has 0 spiro atoms. The first kappa shape index (κ1) is 19.5. The van der Waals surface area contributed by atoms with Gasteiger partial charge in [0.25, 0.3) is 5.91 Å². The third-order valence-electron chi connectivity index (χ3n) is 3.13. The first-order chi connectivity index (χ1) is 11.2. The molecule has 0 aliphatic rings. The molecule has 0 saturated heterocycles. The van der Waals surface area contributed by atoms with Crippen molar-refractivity contribution in [3.8, 4) is 0 Å². The van der Waals surface area contributed by atoms with E-state index in [1.807, 2.05) is 0 Å². The van der Waals surface area contributed by atoms with Crippen LogP contribution in [0.4, 0.5) is 13.2 Å². The zero-order valence-corrected chi connectivity index (χ0v) is 13.0. The molecule has 1 rings (SSSR count). The van der Waals surface area contributed by atoms with Crippen molar-refractivity contribution in [1.29, 1.82) is 0 Å². The molecule has 24 heavy (non-hydrogen) atoms. The van der Waals surface area contributed by atoms with Gasteiger partial charge in [0.2, 0.25) is 0 Å². The molecule has 0 saturated carbocycles. The summed E-state index contributed by atoms with van der Waals surface area (Å²) in [6.45, 7) is 0. The number of hydrogen-bond acceptors (Lipinski definition) is 5.